The molecule has 1 aliphatic rings. The summed E-state index contributed by atoms with van der Waals surface area (Å²) in [5.41, 5.74) is 4.20. The van der Waals surface area contributed by atoms with Gasteiger partial charge in [0.15, 0.2) is 0 Å². The topological polar surface area (TPSA) is 12.9 Å². The van der Waals surface area contributed by atoms with Crippen molar-refractivity contribution in [1.82, 2.24) is 4.98 Å². The molecule has 1 heterocycles. The monoisotopic (exact) mass is 161 g/mol. The predicted molar refractivity (Wildman–Crippen MR) is 50.4 cm³/mol. The van der Waals surface area contributed by atoms with E-state index in [4.69, 9.17) is 0 Å². The number of aromatic nitrogens is 1. The predicted octanol–water partition coefficient (Wildman–Crippen LogP) is 2.69. The Hall–Kier alpha value is -0.850. The molecular formula is C11H15N. The molecule has 1 aromatic rings. The third-order valence-corrected chi connectivity index (χ3v) is 2.61. The largest absolute Gasteiger partial charge is 0.261 e. The van der Waals surface area contributed by atoms with E-state index in [2.05, 4.69) is 24.9 Å². The van der Waals surface area contributed by atoms with Crippen molar-refractivity contribution in [3.05, 3.63) is 29.1 Å². The van der Waals surface area contributed by atoms with E-state index in [0.29, 0.717) is 5.92 Å². The highest BCUT2D eigenvalue weighted by Gasteiger charge is 2.12. The summed E-state index contributed by atoms with van der Waals surface area (Å²) >= 11 is 0. The lowest BCUT2D eigenvalue weighted by molar-refractivity contribution is 0.852. The normalized spacial score (nSPS) is 15.2. The fourth-order valence-corrected chi connectivity index (χ4v) is 1.76. The van der Waals surface area contributed by atoms with Gasteiger partial charge in [0, 0.05) is 11.9 Å². The van der Waals surface area contributed by atoms with Crippen molar-refractivity contribution in [3.8, 4) is 0 Å². The number of nitrogens with zero attached hydrogens (tertiary/aromatic N) is 1. The summed E-state index contributed by atoms with van der Waals surface area (Å²) in [5.74, 6) is 0.614. The van der Waals surface area contributed by atoms with Crippen molar-refractivity contribution < 1.29 is 0 Å². The molecule has 0 N–H and O–H groups in total. The molecule has 0 bridgehead atoms. The molecule has 2 rings (SSSR count). The van der Waals surface area contributed by atoms with Crippen LogP contribution in [0, 0.1) is 0 Å². The number of fused-ring (bicyclic) bond motifs is 1. The summed E-state index contributed by atoms with van der Waals surface area (Å²) in [7, 11) is 0. The second-order valence-corrected chi connectivity index (χ2v) is 3.88. The number of hydrogen-bond acceptors (Lipinski definition) is 1. The summed E-state index contributed by atoms with van der Waals surface area (Å²) in [6, 6.07) is 2.33. The van der Waals surface area contributed by atoms with Crippen LogP contribution >= 0.6 is 0 Å². The van der Waals surface area contributed by atoms with E-state index in [-0.39, 0.29) is 0 Å². The van der Waals surface area contributed by atoms with Crippen LogP contribution < -0.4 is 0 Å². The Bertz CT molecular complexity index is 289. The summed E-state index contributed by atoms with van der Waals surface area (Å²) < 4.78 is 0. The molecule has 1 aliphatic carbocycles. The zero-order valence-electron chi connectivity index (χ0n) is 7.80. The average molecular weight is 161 g/mol. The van der Waals surface area contributed by atoms with Gasteiger partial charge in [-0.3, -0.25) is 4.98 Å². The highest BCUT2D eigenvalue weighted by atomic mass is 14.7. The lowest BCUT2D eigenvalue weighted by Crippen LogP contribution is -1.93. The van der Waals surface area contributed by atoms with Gasteiger partial charge in [0.1, 0.15) is 0 Å². The van der Waals surface area contributed by atoms with Crippen molar-refractivity contribution in [2.75, 3.05) is 0 Å². The van der Waals surface area contributed by atoms with Crippen LogP contribution in [0.1, 0.15) is 43.0 Å². The molecule has 1 heteroatoms. The van der Waals surface area contributed by atoms with Crippen molar-refractivity contribution >= 4 is 0 Å². The maximum absolute atomic E-state index is 4.48. The minimum atomic E-state index is 0.614. The lowest BCUT2D eigenvalue weighted by atomic mass is 10.0. The highest BCUT2D eigenvalue weighted by molar-refractivity contribution is 5.30. The Morgan fingerprint density at radius 2 is 2.17 bits per heavy atom. The molecule has 0 saturated heterocycles. The van der Waals surface area contributed by atoms with Crippen LogP contribution in [0.25, 0.3) is 0 Å². The molecule has 0 amide bonds. The number of pyridine rings is 1. The number of hydrogen-bond donors (Lipinski definition) is 0. The molecule has 0 atom stereocenters. The van der Waals surface area contributed by atoms with Gasteiger partial charge in [-0.25, -0.2) is 0 Å². The Morgan fingerprint density at radius 3 is 2.92 bits per heavy atom. The summed E-state index contributed by atoms with van der Waals surface area (Å²) in [5, 5.41) is 0. The molecule has 0 spiro atoms. The Morgan fingerprint density at radius 1 is 1.33 bits per heavy atom. The van der Waals surface area contributed by atoms with Gasteiger partial charge in [-0.2, -0.15) is 0 Å². The lowest BCUT2D eigenvalue weighted by Gasteiger charge is -2.06. The fraction of sp³-hybridized carbons (Fsp3) is 0.545. The van der Waals surface area contributed by atoms with Gasteiger partial charge in [-0.1, -0.05) is 19.9 Å². The third kappa shape index (κ3) is 1.24. The molecule has 1 nitrogen and oxygen atoms in total. The molecule has 1 aromatic heterocycles. The first-order valence-electron chi connectivity index (χ1n) is 4.75. The SMILES string of the molecule is CC(C)c1cnc2c(c1)CCC2. The molecular weight excluding hydrogens is 146 g/mol. The molecule has 0 fully saturated rings. The van der Waals surface area contributed by atoms with Crippen LogP contribution in [0.15, 0.2) is 12.3 Å². The van der Waals surface area contributed by atoms with Gasteiger partial charge in [0.2, 0.25) is 0 Å². The molecule has 0 aromatic carbocycles. The van der Waals surface area contributed by atoms with E-state index in [1.807, 2.05) is 6.20 Å². The zero-order chi connectivity index (χ0) is 8.55. The first-order valence-corrected chi connectivity index (χ1v) is 4.75. The van der Waals surface area contributed by atoms with E-state index >= 15 is 0 Å². The van der Waals surface area contributed by atoms with Crippen LogP contribution in [-0.4, -0.2) is 4.98 Å². The molecule has 64 valence electrons. The van der Waals surface area contributed by atoms with Crippen LogP contribution in [0.5, 0.6) is 0 Å². The summed E-state index contributed by atoms with van der Waals surface area (Å²) in [4.78, 5) is 4.48. The van der Waals surface area contributed by atoms with Crippen LogP contribution in [0.4, 0.5) is 0 Å². The minimum absolute atomic E-state index is 0.614. The smallest absolute Gasteiger partial charge is 0.0435 e. The van der Waals surface area contributed by atoms with E-state index < -0.39 is 0 Å². The van der Waals surface area contributed by atoms with Gasteiger partial charge in [-0.05, 0) is 36.3 Å². The first kappa shape index (κ1) is 7.78. The Labute approximate surface area is 73.8 Å². The summed E-state index contributed by atoms with van der Waals surface area (Å²) in [6.45, 7) is 4.44. The van der Waals surface area contributed by atoms with Crippen molar-refractivity contribution in [2.45, 2.75) is 39.0 Å². The quantitative estimate of drug-likeness (QED) is 0.617. The maximum Gasteiger partial charge on any atom is 0.0435 e. The Balaban J connectivity index is 2.39. The van der Waals surface area contributed by atoms with E-state index in [9.17, 15) is 0 Å². The Kier molecular flexibility index (Phi) is 1.87. The first-order chi connectivity index (χ1) is 5.77. The van der Waals surface area contributed by atoms with Gasteiger partial charge in [0.25, 0.3) is 0 Å². The second-order valence-electron chi connectivity index (χ2n) is 3.88. The van der Waals surface area contributed by atoms with Gasteiger partial charge in [-0.15, -0.1) is 0 Å². The molecule has 0 saturated carbocycles. The minimum Gasteiger partial charge on any atom is -0.261 e. The van der Waals surface area contributed by atoms with Gasteiger partial charge < -0.3 is 0 Å². The molecule has 12 heavy (non-hydrogen) atoms. The van der Waals surface area contributed by atoms with Gasteiger partial charge in [0.05, 0.1) is 0 Å². The number of rotatable bonds is 1. The average Bonchev–Trinajstić information content (AvgIpc) is 2.49. The second kappa shape index (κ2) is 2.89. The third-order valence-electron chi connectivity index (χ3n) is 2.61. The van der Waals surface area contributed by atoms with E-state index in [1.165, 1.54) is 36.1 Å². The number of aryl methyl sites for hydroxylation is 2. The molecule has 0 unspecified atom stereocenters. The summed E-state index contributed by atoms with van der Waals surface area (Å²) in [6.07, 6.45) is 5.76. The zero-order valence-corrected chi connectivity index (χ0v) is 7.80. The van der Waals surface area contributed by atoms with Crippen molar-refractivity contribution in [1.29, 1.82) is 0 Å². The van der Waals surface area contributed by atoms with Crippen LogP contribution in [0.3, 0.4) is 0 Å². The highest BCUT2D eigenvalue weighted by Crippen LogP contribution is 2.23. The fourth-order valence-electron chi connectivity index (χ4n) is 1.76. The van der Waals surface area contributed by atoms with Crippen molar-refractivity contribution in [3.63, 3.8) is 0 Å². The van der Waals surface area contributed by atoms with Crippen molar-refractivity contribution in [2.24, 2.45) is 0 Å². The standard InChI is InChI=1S/C11H15N/c1-8(2)10-6-9-4-3-5-11(9)12-7-10/h6-8H,3-5H2,1-2H3. The van der Waals surface area contributed by atoms with E-state index in [1.54, 1.807) is 0 Å². The van der Waals surface area contributed by atoms with E-state index in [0.717, 1.165) is 0 Å². The van der Waals surface area contributed by atoms with Crippen LogP contribution in [0.2, 0.25) is 0 Å². The van der Waals surface area contributed by atoms with Crippen LogP contribution in [-0.2, 0) is 12.8 Å². The molecule has 0 aliphatic heterocycles. The molecule has 0 radical (unpaired) electrons. The maximum atomic E-state index is 4.48. The van der Waals surface area contributed by atoms with Gasteiger partial charge >= 0.3 is 0 Å².